The zero-order valence-electron chi connectivity index (χ0n) is 18.2. The second kappa shape index (κ2) is 10.6. The van der Waals surface area contributed by atoms with Crippen molar-refractivity contribution in [1.82, 2.24) is 20.4 Å². The number of guanidine groups is 1. The van der Waals surface area contributed by atoms with E-state index in [0.29, 0.717) is 12.1 Å². The number of hydrogen-bond donors (Lipinski definition) is 2. The molecule has 1 saturated heterocycles. The van der Waals surface area contributed by atoms with Crippen LogP contribution in [-0.4, -0.2) is 73.5 Å². The largest absolute Gasteiger partial charge is 0.354 e. The molecule has 6 nitrogen and oxygen atoms in total. The van der Waals surface area contributed by atoms with Gasteiger partial charge in [-0.2, -0.15) is 0 Å². The Labute approximate surface area is 193 Å². The molecule has 29 heavy (non-hydrogen) atoms. The van der Waals surface area contributed by atoms with Crippen LogP contribution in [0.3, 0.4) is 0 Å². The molecule has 3 aliphatic carbocycles. The van der Waals surface area contributed by atoms with Crippen LogP contribution in [0.1, 0.15) is 64.2 Å². The minimum absolute atomic E-state index is 0. The number of amides is 1. The number of rotatable bonds is 5. The van der Waals surface area contributed by atoms with Crippen molar-refractivity contribution in [2.45, 2.75) is 82.3 Å². The van der Waals surface area contributed by atoms with Gasteiger partial charge < -0.3 is 20.4 Å². The Morgan fingerprint density at radius 3 is 2.31 bits per heavy atom. The predicted octanol–water partition coefficient (Wildman–Crippen LogP) is 2.82. The predicted molar refractivity (Wildman–Crippen MR) is 129 cm³/mol. The molecule has 4 aliphatic rings. The zero-order chi connectivity index (χ0) is 19.5. The molecule has 3 atom stereocenters. The standard InChI is InChI=1S/C22H39N5O.HI/c1-26(2)21(28)15-23-22(25-20-14-16-7-8-17(20)13-16)24-18-9-11-27(12-10-18)19-5-3-4-6-19;/h16-20H,3-15H2,1-2H3,(H2,23,24,25);1H. The van der Waals surface area contributed by atoms with Gasteiger partial charge >= 0.3 is 0 Å². The van der Waals surface area contributed by atoms with E-state index in [0.717, 1.165) is 23.8 Å². The van der Waals surface area contributed by atoms with Gasteiger partial charge in [-0.05, 0) is 56.8 Å². The van der Waals surface area contributed by atoms with Gasteiger partial charge in [0, 0.05) is 45.3 Å². The molecule has 0 aromatic rings. The summed E-state index contributed by atoms with van der Waals surface area (Å²) in [7, 11) is 3.60. The van der Waals surface area contributed by atoms with E-state index in [2.05, 4.69) is 20.5 Å². The first-order chi connectivity index (χ1) is 13.6. The van der Waals surface area contributed by atoms with Gasteiger partial charge in [-0.15, -0.1) is 24.0 Å². The highest BCUT2D eigenvalue weighted by Crippen LogP contribution is 2.44. The van der Waals surface area contributed by atoms with Gasteiger partial charge in [-0.1, -0.05) is 19.3 Å². The molecule has 2 N–H and O–H groups in total. The van der Waals surface area contributed by atoms with Gasteiger partial charge in [0.1, 0.15) is 6.54 Å². The molecule has 4 rings (SSSR count). The number of nitrogens with one attached hydrogen (secondary N) is 2. The highest BCUT2D eigenvalue weighted by molar-refractivity contribution is 14.0. The van der Waals surface area contributed by atoms with E-state index in [1.54, 1.807) is 19.0 Å². The molecule has 1 amide bonds. The van der Waals surface area contributed by atoms with Gasteiger partial charge in [0.05, 0.1) is 0 Å². The van der Waals surface area contributed by atoms with E-state index in [1.807, 2.05) is 0 Å². The number of aliphatic imine (C=N–C) groups is 1. The first kappa shape index (κ1) is 23.1. The molecule has 0 aromatic heterocycles. The van der Waals surface area contributed by atoms with Crippen molar-refractivity contribution < 1.29 is 4.79 Å². The lowest BCUT2D eigenvalue weighted by Crippen LogP contribution is -2.53. The maximum atomic E-state index is 12.1. The normalized spacial score (nSPS) is 31.0. The van der Waals surface area contributed by atoms with Crippen molar-refractivity contribution in [1.29, 1.82) is 0 Å². The van der Waals surface area contributed by atoms with Crippen LogP contribution in [0, 0.1) is 11.8 Å². The first-order valence-electron chi connectivity index (χ1n) is 11.6. The number of likely N-dealkylation sites (N-methyl/N-ethyl adjacent to an activating group) is 1. The molecule has 166 valence electrons. The third-order valence-corrected chi connectivity index (χ3v) is 7.64. The Morgan fingerprint density at radius 1 is 1.00 bits per heavy atom. The smallest absolute Gasteiger partial charge is 0.243 e. The zero-order valence-corrected chi connectivity index (χ0v) is 20.6. The SMILES string of the molecule is CN(C)C(=O)CN=C(NC1CCN(C2CCCC2)CC1)NC1CC2CCC1C2.I. The number of fused-ring (bicyclic) bond motifs is 2. The fraction of sp³-hybridized carbons (Fsp3) is 0.909. The minimum Gasteiger partial charge on any atom is -0.354 e. The molecule has 7 heteroatoms. The van der Waals surface area contributed by atoms with Gasteiger partial charge in [-0.3, -0.25) is 4.79 Å². The summed E-state index contributed by atoms with van der Waals surface area (Å²) < 4.78 is 0. The van der Waals surface area contributed by atoms with E-state index in [1.165, 1.54) is 77.3 Å². The van der Waals surface area contributed by atoms with Gasteiger partial charge in [0.25, 0.3) is 0 Å². The molecule has 1 aliphatic heterocycles. The lowest BCUT2D eigenvalue weighted by molar-refractivity contribution is -0.127. The van der Waals surface area contributed by atoms with E-state index in [4.69, 9.17) is 0 Å². The maximum Gasteiger partial charge on any atom is 0.243 e. The summed E-state index contributed by atoms with van der Waals surface area (Å²) in [6.07, 6.45) is 13.4. The summed E-state index contributed by atoms with van der Waals surface area (Å²) in [6.45, 7) is 2.62. The summed E-state index contributed by atoms with van der Waals surface area (Å²) in [6, 6.07) is 1.84. The number of nitrogens with zero attached hydrogens (tertiary/aromatic N) is 3. The molecule has 3 unspecified atom stereocenters. The Balaban J connectivity index is 0.00000240. The first-order valence-corrected chi connectivity index (χ1v) is 11.6. The second-order valence-electron chi connectivity index (χ2n) is 9.77. The number of carbonyl (C=O) groups excluding carboxylic acids is 1. The number of carbonyl (C=O) groups is 1. The Kier molecular flexibility index (Phi) is 8.48. The molecule has 2 bridgehead atoms. The van der Waals surface area contributed by atoms with Crippen LogP contribution in [0.25, 0.3) is 0 Å². The summed E-state index contributed by atoms with van der Waals surface area (Å²) >= 11 is 0. The summed E-state index contributed by atoms with van der Waals surface area (Å²) in [5.41, 5.74) is 0. The summed E-state index contributed by atoms with van der Waals surface area (Å²) in [5.74, 6) is 2.63. The third-order valence-electron chi connectivity index (χ3n) is 7.64. The molecule has 4 fully saturated rings. The fourth-order valence-electron chi connectivity index (χ4n) is 5.89. The molecule has 0 aromatic carbocycles. The Hall–Kier alpha value is -0.570. The van der Waals surface area contributed by atoms with Crippen LogP contribution >= 0.6 is 24.0 Å². The number of halogens is 1. The van der Waals surface area contributed by atoms with Crippen molar-refractivity contribution in [2.24, 2.45) is 16.8 Å². The molecular formula is C22H40IN5O. The molecule has 0 spiro atoms. The number of hydrogen-bond acceptors (Lipinski definition) is 3. The summed E-state index contributed by atoms with van der Waals surface area (Å²) in [5, 5.41) is 7.40. The maximum absolute atomic E-state index is 12.1. The lowest BCUT2D eigenvalue weighted by Gasteiger charge is -2.37. The van der Waals surface area contributed by atoms with Crippen molar-refractivity contribution in [3.63, 3.8) is 0 Å². The topological polar surface area (TPSA) is 60.0 Å². The average Bonchev–Trinajstić information content (AvgIpc) is 3.44. The number of likely N-dealkylation sites (tertiary alicyclic amines) is 1. The molecule has 0 radical (unpaired) electrons. The van der Waals surface area contributed by atoms with Crippen molar-refractivity contribution in [3.8, 4) is 0 Å². The van der Waals surface area contributed by atoms with E-state index >= 15 is 0 Å². The van der Waals surface area contributed by atoms with Crippen LogP contribution in [0.4, 0.5) is 0 Å². The molecular weight excluding hydrogens is 477 g/mol. The lowest BCUT2D eigenvalue weighted by atomic mass is 9.95. The van der Waals surface area contributed by atoms with Crippen molar-refractivity contribution in [3.05, 3.63) is 0 Å². The molecule has 3 saturated carbocycles. The molecule has 1 heterocycles. The summed E-state index contributed by atoms with van der Waals surface area (Å²) in [4.78, 5) is 21.1. The van der Waals surface area contributed by atoms with Crippen molar-refractivity contribution in [2.75, 3.05) is 33.7 Å². The van der Waals surface area contributed by atoms with Crippen molar-refractivity contribution >= 4 is 35.8 Å². The highest BCUT2D eigenvalue weighted by Gasteiger charge is 2.40. The van der Waals surface area contributed by atoms with Crippen LogP contribution in [-0.2, 0) is 4.79 Å². The fourth-order valence-corrected chi connectivity index (χ4v) is 5.89. The van der Waals surface area contributed by atoms with Crippen LogP contribution < -0.4 is 10.6 Å². The van der Waals surface area contributed by atoms with Gasteiger partial charge in [0.15, 0.2) is 5.96 Å². The van der Waals surface area contributed by atoms with E-state index < -0.39 is 0 Å². The van der Waals surface area contributed by atoms with Crippen LogP contribution in [0.15, 0.2) is 4.99 Å². The van der Waals surface area contributed by atoms with Crippen LogP contribution in [0.5, 0.6) is 0 Å². The Morgan fingerprint density at radius 2 is 1.72 bits per heavy atom. The van der Waals surface area contributed by atoms with E-state index in [-0.39, 0.29) is 36.4 Å². The monoisotopic (exact) mass is 517 g/mol. The highest BCUT2D eigenvalue weighted by atomic mass is 127. The average molecular weight is 518 g/mol. The third kappa shape index (κ3) is 5.99. The quantitative estimate of drug-likeness (QED) is 0.335. The van der Waals surface area contributed by atoms with E-state index in [9.17, 15) is 4.79 Å². The van der Waals surface area contributed by atoms with Gasteiger partial charge in [-0.25, -0.2) is 4.99 Å². The Bertz CT molecular complexity index is 570. The number of piperidine rings is 1. The van der Waals surface area contributed by atoms with Gasteiger partial charge in [0.2, 0.25) is 5.91 Å². The second-order valence-corrected chi connectivity index (χ2v) is 9.77. The van der Waals surface area contributed by atoms with Crippen LogP contribution in [0.2, 0.25) is 0 Å². The minimum atomic E-state index is 0.